The summed E-state index contributed by atoms with van der Waals surface area (Å²) in [4.78, 5) is 28.5. The third-order valence-electron chi connectivity index (χ3n) is 4.25. The number of carboxylic acid groups (broad SMARTS) is 1. The molecule has 0 radical (unpaired) electrons. The number of benzene rings is 1. The summed E-state index contributed by atoms with van der Waals surface area (Å²) in [5.74, 6) is -1.04. The smallest absolute Gasteiger partial charge is 0.335 e. The third kappa shape index (κ3) is 4.64. The highest BCUT2D eigenvalue weighted by Crippen LogP contribution is 2.22. The zero-order valence-electron chi connectivity index (χ0n) is 16.1. The van der Waals surface area contributed by atoms with Crippen LogP contribution in [0, 0.1) is 6.92 Å². The Hall–Kier alpha value is -3.17. The molecule has 0 atom stereocenters. The second-order valence-corrected chi connectivity index (χ2v) is 6.20. The number of aryl methyl sites for hydroxylation is 2. The van der Waals surface area contributed by atoms with Crippen LogP contribution in [0.25, 0.3) is 11.0 Å². The summed E-state index contributed by atoms with van der Waals surface area (Å²) in [5, 5.41) is 16.3. The minimum absolute atomic E-state index is 0. The van der Waals surface area contributed by atoms with E-state index >= 15 is 0 Å². The van der Waals surface area contributed by atoms with E-state index in [1.54, 1.807) is 27.5 Å². The number of nitrogens with zero attached hydrogens (tertiary/aromatic N) is 4. The van der Waals surface area contributed by atoms with Crippen molar-refractivity contribution in [2.45, 2.75) is 26.9 Å². The molecular formula is C19H23ClN6O3. The van der Waals surface area contributed by atoms with Crippen molar-refractivity contribution >= 4 is 41.3 Å². The normalized spacial score (nSPS) is 11.0. The number of aromatic nitrogens is 4. The van der Waals surface area contributed by atoms with Crippen molar-refractivity contribution < 1.29 is 14.7 Å². The molecule has 0 fully saturated rings. The van der Waals surface area contributed by atoms with Gasteiger partial charge in [0.1, 0.15) is 5.69 Å². The van der Waals surface area contributed by atoms with Gasteiger partial charge < -0.3 is 15.4 Å². The number of nitrogens with two attached hydrogens (primary N) is 1. The molecule has 154 valence electrons. The summed E-state index contributed by atoms with van der Waals surface area (Å²) in [5.41, 5.74) is 8.01. The minimum atomic E-state index is -1.03. The van der Waals surface area contributed by atoms with E-state index in [1.807, 2.05) is 19.9 Å². The molecule has 9 nitrogen and oxygen atoms in total. The molecule has 0 unspecified atom stereocenters. The van der Waals surface area contributed by atoms with Crippen LogP contribution in [0.15, 0.2) is 36.4 Å². The maximum atomic E-state index is 12.8. The van der Waals surface area contributed by atoms with Crippen LogP contribution in [0.5, 0.6) is 0 Å². The van der Waals surface area contributed by atoms with Crippen molar-refractivity contribution in [2.24, 2.45) is 5.73 Å². The standard InChI is InChI=1S/C19H22N6O3.ClH/c1-3-25-16(10-12(2)23-25)17(26)22-19-21-14-11-13(18(27)28)6-7-15(14)24(19)9-5-4-8-20;/h4-7,10-11H,3,8-9,20H2,1-2H3,(H,27,28)(H,21,22,26);1H. The van der Waals surface area contributed by atoms with E-state index in [0.717, 1.165) is 5.69 Å². The molecule has 1 amide bonds. The van der Waals surface area contributed by atoms with E-state index in [-0.39, 0.29) is 23.9 Å². The number of imidazole rings is 1. The Morgan fingerprint density at radius 1 is 1.28 bits per heavy atom. The summed E-state index contributed by atoms with van der Waals surface area (Å²) in [6, 6.07) is 6.38. The van der Waals surface area contributed by atoms with Crippen molar-refractivity contribution in [3.05, 3.63) is 53.4 Å². The Bertz CT molecular complexity index is 1070. The maximum Gasteiger partial charge on any atom is 0.335 e. The number of allylic oxidation sites excluding steroid dienone is 1. The lowest BCUT2D eigenvalue weighted by molar-refractivity contribution is 0.0696. The predicted octanol–water partition coefficient (Wildman–Crippen LogP) is 2.45. The second kappa shape index (κ2) is 9.35. The number of amides is 1. The van der Waals surface area contributed by atoms with Crippen LogP contribution in [0.3, 0.4) is 0 Å². The van der Waals surface area contributed by atoms with E-state index in [4.69, 9.17) is 5.73 Å². The van der Waals surface area contributed by atoms with Gasteiger partial charge in [-0.2, -0.15) is 5.10 Å². The van der Waals surface area contributed by atoms with E-state index in [9.17, 15) is 14.7 Å². The molecule has 0 aliphatic heterocycles. The summed E-state index contributed by atoms with van der Waals surface area (Å²) in [7, 11) is 0. The highest BCUT2D eigenvalue weighted by Gasteiger charge is 2.18. The molecule has 0 spiro atoms. The number of hydrogen-bond acceptors (Lipinski definition) is 5. The molecule has 3 aromatic rings. The molecule has 29 heavy (non-hydrogen) atoms. The number of halogens is 1. The van der Waals surface area contributed by atoms with E-state index in [0.29, 0.717) is 42.3 Å². The lowest BCUT2D eigenvalue weighted by Crippen LogP contribution is -2.19. The van der Waals surface area contributed by atoms with Gasteiger partial charge in [-0.05, 0) is 38.1 Å². The van der Waals surface area contributed by atoms with Gasteiger partial charge >= 0.3 is 5.97 Å². The lowest BCUT2D eigenvalue weighted by Gasteiger charge is -2.09. The van der Waals surface area contributed by atoms with Crippen LogP contribution >= 0.6 is 12.4 Å². The number of carboxylic acids is 1. The Labute approximate surface area is 173 Å². The first-order valence-electron chi connectivity index (χ1n) is 8.89. The molecule has 4 N–H and O–H groups in total. The molecule has 1 aromatic carbocycles. The number of aromatic carboxylic acids is 1. The van der Waals surface area contributed by atoms with Gasteiger partial charge in [-0.1, -0.05) is 12.2 Å². The average Bonchev–Trinajstić information content (AvgIpc) is 3.21. The molecule has 2 aromatic heterocycles. The average molecular weight is 419 g/mol. The Morgan fingerprint density at radius 3 is 2.69 bits per heavy atom. The molecule has 0 bridgehead atoms. The summed E-state index contributed by atoms with van der Waals surface area (Å²) >= 11 is 0. The Morgan fingerprint density at radius 2 is 2.03 bits per heavy atom. The first-order chi connectivity index (χ1) is 13.4. The number of fused-ring (bicyclic) bond motifs is 1. The number of carbonyl (C=O) groups excluding carboxylic acids is 1. The van der Waals surface area contributed by atoms with Crippen molar-refractivity contribution in [3.63, 3.8) is 0 Å². The molecule has 0 aliphatic rings. The van der Waals surface area contributed by atoms with Crippen LogP contribution in [0.2, 0.25) is 0 Å². The van der Waals surface area contributed by atoms with Crippen molar-refractivity contribution in [1.82, 2.24) is 19.3 Å². The third-order valence-corrected chi connectivity index (χ3v) is 4.25. The first kappa shape index (κ1) is 22.1. The van der Waals surface area contributed by atoms with Gasteiger partial charge in [-0.15, -0.1) is 12.4 Å². The van der Waals surface area contributed by atoms with Gasteiger partial charge in [-0.25, -0.2) is 9.78 Å². The molecule has 0 aliphatic carbocycles. The van der Waals surface area contributed by atoms with Gasteiger partial charge in [0.2, 0.25) is 5.95 Å². The largest absolute Gasteiger partial charge is 0.478 e. The Kier molecular flexibility index (Phi) is 7.13. The number of carbonyl (C=O) groups is 2. The predicted molar refractivity (Wildman–Crippen MR) is 113 cm³/mol. The fraction of sp³-hybridized carbons (Fsp3) is 0.263. The van der Waals surface area contributed by atoms with Gasteiger partial charge in [0.25, 0.3) is 5.91 Å². The van der Waals surface area contributed by atoms with Gasteiger partial charge in [0, 0.05) is 19.6 Å². The quantitative estimate of drug-likeness (QED) is 0.505. The van der Waals surface area contributed by atoms with Gasteiger partial charge in [0.15, 0.2) is 0 Å². The number of nitrogens with one attached hydrogen (secondary N) is 1. The topological polar surface area (TPSA) is 128 Å². The van der Waals surface area contributed by atoms with E-state index in [2.05, 4.69) is 15.4 Å². The van der Waals surface area contributed by atoms with E-state index in [1.165, 1.54) is 12.1 Å². The van der Waals surface area contributed by atoms with E-state index < -0.39 is 5.97 Å². The SMILES string of the molecule is CCn1nc(C)cc1C(=O)Nc1nc2cc(C(=O)O)ccc2n1CC=CCN.Cl. The molecule has 3 rings (SSSR count). The fourth-order valence-electron chi connectivity index (χ4n) is 2.95. The highest BCUT2D eigenvalue weighted by molar-refractivity contribution is 6.03. The fourth-order valence-corrected chi connectivity index (χ4v) is 2.95. The lowest BCUT2D eigenvalue weighted by atomic mass is 10.2. The maximum absolute atomic E-state index is 12.8. The van der Waals surface area contributed by atoms with Gasteiger partial charge in [0.05, 0.1) is 22.3 Å². The highest BCUT2D eigenvalue weighted by atomic mass is 35.5. The minimum Gasteiger partial charge on any atom is -0.478 e. The summed E-state index contributed by atoms with van der Waals surface area (Å²) < 4.78 is 3.42. The van der Waals surface area contributed by atoms with Crippen molar-refractivity contribution in [1.29, 1.82) is 0 Å². The van der Waals surface area contributed by atoms with Crippen LogP contribution in [0.1, 0.15) is 33.5 Å². The molecule has 0 saturated carbocycles. The van der Waals surface area contributed by atoms with Crippen LogP contribution in [-0.4, -0.2) is 42.9 Å². The number of anilines is 1. The zero-order valence-corrected chi connectivity index (χ0v) is 16.9. The zero-order chi connectivity index (χ0) is 20.3. The number of hydrogen-bond donors (Lipinski definition) is 3. The molecule has 2 heterocycles. The molecular weight excluding hydrogens is 396 g/mol. The van der Waals surface area contributed by atoms with Gasteiger partial charge in [-0.3, -0.25) is 14.8 Å². The molecule has 0 saturated heterocycles. The van der Waals surface area contributed by atoms with Crippen molar-refractivity contribution in [2.75, 3.05) is 11.9 Å². The first-order valence-corrected chi connectivity index (χ1v) is 8.89. The van der Waals surface area contributed by atoms with Crippen molar-refractivity contribution in [3.8, 4) is 0 Å². The Balaban J connectivity index is 0.00000300. The van der Waals surface area contributed by atoms with Crippen LogP contribution < -0.4 is 11.1 Å². The second-order valence-electron chi connectivity index (χ2n) is 6.20. The summed E-state index contributed by atoms with van der Waals surface area (Å²) in [6.45, 7) is 5.12. The molecule has 10 heteroatoms. The van der Waals surface area contributed by atoms with Crippen LogP contribution in [-0.2, 0) is 13.1 Å². The summed E-state index contributed by atoms with van der Waals surface area (Å²) in [6.07, 6.45) is 3.67. The number of rotatable bonds is 7. The van der Waals surface area contributed by atoms with Crippen LogP contribution in [0.4, 0.5) is 5.95 Å². The monoisotopic (exact) mass is 418 g/mol.